The summed E-state index contributed by atoms with van der Waals surface area (Å²) in [5, 5.41) is 4.60. The topological polar surface area (TPSA) is 73.7 Å². The Morgan fingerprint density at radius 1 is 1.13 bits per heavy atom. The van der Waals surface area contributed by atoms with Gasteiger partial charge in [-0.1, -0.05) is 29.8 Å². The smallest absolute Gasteiger partial charge is 0.252 e. The van der Waals surface area contributed by atoms with Gasteiger partial charge in [-0.2, -0.15) is 0 Å². The highest BCUT2D eigenvalue weighted by molar-refractivity contribution is 7.91. The first kappa shape index (κ1) is 22.1. The number of sulfone groups is 1. The van der Waals surface area contributed by atoms with Crippen LogP contribution in [0.25, 0.3) is 5.69 Å². The van der Waals surface area contributed by atoms with E-state index in [1.54, 1.807) is 0 Å². The number of hydrogen-bond donors (Lipinski definition) is 0. The molecular weight excluding hydrogens is 426 g/mol. The number of halogens is 1. The van der Waals surface area contributed by atoms with Crippen LogP contribution >= 0.6 is 11.6 Å². The van der Waals surface area contributed by atoms with Crippen LogP contribution in [0, 0.1) is 0 Å². The molecule has 0 unspecified atom stereocenters. The second-order valence-electron chi connectivity index (χ2n) is 6.88. The second kappa shape index (κ2) is 9.51. The Morgan fingerprint density at radius 2 is 1.87 bits per heavy atom. The summed E-state index contributed by atoms with van der Waals surface area (Å²) in [4.78, 5) is 2.06. The van der Waals surface area contributed by atoms with Crippen molar-refractivity contribution < 1.29 is 17.9 Å². The van der Waals surface area contributed by atoms with Crippen LogP contribution in [0.3, 0.4) is 0 Å². The van der Waals surface area contributed by atoms with Crippen molar-refractivity contribution in [2.75, 3.05) is 34.4 Å². The van der Waals surface area contributed by atoms with Gasteiger partial charge in [0.05, 0.1) is 35.5 Å². The van der Waals surface area contributed by atoms with Crippen molar-refractivity contribution in [2.24, 2.45) is 0 Å². The fourth-order valence-corrected chi connectivity index (χ4v) is 4.50. The molecule has 0 aliphatic heterocycles. The number of hydrogen-bond acceptors (Lipinski definition) is 6. The Hall–Kier alpha value is -2.55. The number of para-hydroxylation sites is 1. The minimum absolute atomic E-state index is 0.0163. The number of aromatic nitrogens is 2. The Morgan fingerprint density at radius 3 is 2.50 bits per heavy atom. The van der Waals surface area contributed by atoms with Crippen molar-refractivity contribution in [1.82, 2.24) is 14.7 Å². The largest absolute Gasteiger partial charge is 0.495 e. The predicted molar refractivity (Wildman–Crippen MR) is 116 cm³/mol. The van der Waals surface area contributed by atoms with Crippen LogP contribution in [0.1, 0.15) is 6.42 Å². The van der Waals surface area contributed by atoms with Crippen LogP contribution in [-0.4, -0.2) is 57.5 Å². The van der Waals surface area contributed by atoms with Gasteiger partial charge in [0, 0.05) is 6.54 Å². The molecule has 7 nitrogen and oxygen atoms in total. The zero-order valence-electron chi connectivity index (χ0n) is 17.1. The molecule has 30 heavy (non-hydrogen) atoms. The monoisotopic (exact) mass is 449 g/mol. The van der Waals surface area contributed by atoms with Gasteiger partial charge in [0.15, 0.2) is 4.90 Å². The summed E-state index contributed by atoms with van der Waals surface area (Å²) in [7, 11) is 1.49. The SMILES string of the molecule is COc1ccc(S(=O)(=O)c2cn(-c3ccccc3)nc2OCCCN(C)C)cc1Cl. The van der Waals surface area contributed by atoms with E-state index < -0.39 is 9.84 Å². The predicted octanol–water partition coefficient (Wildman–Crippen LogP) is 3.70. The average molecular weight is 450 g/mol. The van der Waals surface area contributed by atoms with Crippen LogP contribution in [0.4, 0.5) is 0 Å². The van der Waals surface area contributed by atoms with Gasteiger partial charge in [0.25, 0.3) is 5.88 Å². The molecule has 3 aromatic rings. The molecule has 0 radical (unpaired) electrons. The van der Waals surface area contributed by atoms with E-state index in [9.17, 15) is 8.42 Å². The molecule has 0 N–H and O–H groups in total. The van der Waals surface area contributed by atoms with Crippen molar-refractivity contribution in [3.8, 4) is 17.3 Å². The first-order valence-electron chi connectivity index (χ1n) is 9.34. The Labute approximate surface area is 181 Å². The molecule has 2 aromatic carbocycles. The van der Waals surface area contributed by atoms with Crippen molar-refractivity contribution in [3.05, 3.63) is 59.8 Å². The van der Waals surface area contributed by atoms with Gasteiger partial charge in [-0.05, 0) is 50.8 Å². The lowest BCUT2D eigenvalue weighted by Gasteiger charge is -2.10. The molecule has 0 amide bonds. The van der Waals surface area contributed by atoms with Gasteiger partial charge in [-0.3, -0.25) is 0 Å². The summed E-state index contributed by atoms with van der Waals surface area (Å²) in [5.74, 6) is 0.459. The number of ether oxygens (including phenoxy) is 2. The maximum Gasteiger partial charge on any atom is 0.252 e. The molecule has 0 saturated carbocycles. The van der Waals surface area contributed by atoms with E-state index in [4.69, 9.17) is 21.1 Å². The van der Waals surface area contributed by atoms with Crippen molar-refractivity contribution in [3.63, 3.8) is 0 Å². The molecule has 0 aliphatic rings. The quantitative estimate of drug-likeness (QED) is 0.464. The van der Waals surface area contributed by atoms with Crippen LogP contribution in [0.15, 0.2) is 64.5 Å². The minimum Gasteiger partial charge on any atom is -0.495 e. The standard InChI is InChI=1S/C21H24ClN3O4S/c1-24(2)12-7-13-29-21-20(15-25(23-21)16-8-5-4-6-9-16)30(26,27)17-10-11-19(28-3)18(22)14-17/h4-6,8-11,14-15H,7,12-13H2,1-3H3. The summed E-state index contributed by atoms with van der Waals surface area (Å²) in [6.45, 7) is 1.16. The van der Waals surface area contributed by atoms with E-state index in [-0.39, 0.29) is 20.7 Å². The maximum atomic E-state index is 13.4. The molecule has 0 bridgehead atoms. The summed E-state index contributed by atoms with van der Waals surface area (Å²) in [6.07, 6.45) is 2.20. The molecular formula is C21H24ClN3O4S. The second-order valence-corrected chi connectivity index (χ2v) is 9.21. The molecule has 0 saturated heterocycles. The zero-order chi connectivity index (χ0) is 21.7. The Kier molecular flexibility index (Phi) is 7.02. The zero-order valence-corrected chi connectivity index (χ0v) is 18.7. The van der Waals surface area contributed by atoms with Gasteiger partial charge < -0.3 is 14.4 Å². The number of rotatable bonds is 9. The van der Waals surface area contributed by atoms with Crippen LogP contribution < -0.4 is 9.47 Å². The van der Waals surface area contributed by atoms with Gasteiger partial charge in [0.2, 0.25) is 9.84 Å². The molecule has 160 valence electrons. The van der Waals surface area contributed by atoms with E-state index in [1.165, 1.54) is 36.2 Å². The lowest BCUT2D eigenvalue weighted by molar-refractivity contribution is 0.266. The minimum atomic E-state index is -3.92. The van der Waals surface area contributed by atoms with Gasteiger partial charge in [-0.15, -0.1) is 5.10 Å². The number of benzene rings is 2. The van der Waals surface area contributed by atoms with Crippen molar-refractivity contribution >= 4 is 21.4 Å². The van der Waals surface area contributed by atoms with E-state index in [2.05, 4.69) is 5.10 Å². The molecule has 0 atom stereocenters. The highest BCUT2D eigenvalue weighted by Crippen LogP contribution is 2.33. The van der Waals surface area contributed by atoms with Gasteiger partial charge in [0.1, 0.15) is 5.75 Å². The molecule has 3 rings (SSSR count). The molecule has 1 heterocycles. The van der Waals surface area contributed by atoms with E-state index in [0.29, 0.717) is 12.4 Å². The van der Waals surface area contributed by atoms with Crippen molar-refractivity contribution in [2.45, 2.75) is 16.2 Å². The number of nitrogens with zero attached hydrogens (tertiary/aromatic N) is 3. The number of methoxy groups -OCH3 is 1. The fourth-order valence-electron chi connectivity index (χ4n) is 2.83. The third-order valence-corrected chi connectivity index (χ3v) is 6.41. The third-order valence-electron chi connectivity index (χ3n) is 4.38. The molecule has 0 spiro atoms. The first-order chi connectivity index (χ1) is 14.3. The third kappa shape index (κ3) is 4.95. The van der Waals surface area contributed by atoms with Crippen molar-refractivity contribution in [1.29, 1.82) is 0 Å². The first-order valence-corrected chi connectivity index (χ1v) is 11.2. The van der Waals surface area contributed by atoms with Crippen LogP contribution in [0.5, 0.6) is 11.6 Å². The highest BCUT2D eigenvalue weighted by atomic mass is 35.5. The Balaban J connectivity index is 2.00. The molecule has 0 fully saturated rings. The lowest BCUT2D eigenvalue weighted by Crippen LogP contribution is -2.16. The van der Waals surface area contributed by atoms with E-state index >= 15 is 0 Å². The van der Waals surface area contributed by atoms with E-state index in [0.717, 1.165) is 18.7 Å². The van der Waals surface area contributed by atoms with Gasteiger partial charge >= 0.3 is 0 Å². The van der Waals surface area contributed by atoms with Gasteiger partial charge in [-0.25, -0.2) is 13.1 Å². The fraction of sp³-hybridized carbons (Fsp3) is 0.286. The normalized spacial score (nSPS) is 11.6. The molecule has 0 aliphatic carbocycles. The summed E-state index contributed by atoms with van der Waals surface area (Å²) in [6, 6.07) is 13.6. The average Bonchev–Trinajstić information content (AvgIpc) is 3.17. The lowest BCUT2D eigenvalue weighted by atomic mass is 10.3. The molecule has 9 heteroatoms. The summed E-state index contributed by atoms with van der Waals surface area (Å²) in [5.41, 5.74) is 0.727. The summed E-state index contributed by atoms with van der Waals surface area (Å²) >= 11 is 6.15. The van der Waals surface area contributed by atoms with Crippen LogP contribution in [-0.2, 0) is 9.84 Å². The molecule has 1 aromatic heterocycles. The van der Waals surface area contributed by atoms with Crippen LogP contribution in [0.2, 0.25) is 5.02 Å². The maximum absolute atomic E-state index is 13.4. The highest BCUT2D eigenvalue weighted by Gasteiger charge is 2.27. The van der Waals surface area contributed by atoms with E-state index in [1.807, 2.05) is 49.3 Å². The Bertz CT molecular complexity index is 1100. The summed E-state index contributed by atoms with van der Waals surface area (Å²) < 4.78 is 39.1.